The van der Waals surface area contributed by atoms with E-state index in [9.17, 15) is 28.1 Å². The van der Waals surface area contributed by atoms with E-state index in [0.717, 1.165) is 23.1 Å². The van der Waals surface area contributed by atoms with E-state index in [4.69, 9.17) is 5.73 Å². The average molecular weight is 469 g/mol. The molecule has 0 saturated heterocycles. The number of carbonyl (C=O) groups excluding carboxylic acids is 1. The molecule has 0 aliphatic heterocycles. The monoisotopic (exact) mass is 469 g/mol. The molecule has 0 unspecified atom stereocenters. The minimum absolute atomic E-state index is 0.0968. The Bertz CT molecular complexity index is 1370. The second-order valence-corrected chi connectivity index (χ2v) is 7.01. The summed E-state index contributed by atoms with van der Waals surface area (Å²) in [6.45, 7) is 0. The Kier molecular flexibility index (Phi) is 5.67. The quantitative estimate of drug-likeness (QED) is 0.321. The van der Waals surface area contributed by atoms with Crippen LogP contribution >= 0.6 is 0 Å². The van der Waals surface area contributed by atoms with Gasteiger partial charge in [0.05, 0.1) is 21.9 Å². The fraction of sp³-hybridized carbons (Fsp3) is 0.0476. The lowest BCUT2D eigenvalue weighted by atomic mass is 10.00. The van der Waals surface area contributed by atoms with Crippen LogP contribution in [0.3, 0.4) is 0 Å². The summed E-state index contributed by atoms with van der Waals surface area (Å²) in [5.74, 6) is 0.0977. The van der Waals surface area contributed by atoms with Gasteiger partial charge in [0, 0.05) is 17.7 Å². The van der Waals surface area contributed by atoms with E-state index in [1.165, 1.54) is 30.3 Å². The minimum Gasteiger partial charge on any atom is -0.351 e. The van der Waals surface area contributed by atoms with Crippen molar-refractivity contribution in [3.8, 4) is 22.5 Å². The van der Waals surface area contributed by atoms with Gasteiger partial charge in [0.2, 0.25) is 0 Å². The molecular weight excluding hydrogens is 455 g/mol. The molecule has 34 heavy (non-hydrogen) atoms. The molecule has 13 heteroatoms. The van der Waals surface area contributed by atoms with E-state index in [0.29, 0.717) is 11.1 Å². The lowest BCUT2D eigenvalue weighted by Crippen LogP contribution is -2.32. The van der Waals surface area contributed by atoms with Gasteiger partial charge >= 0.3 is 12.2 Å². The van der Waals surface area contributed by atoms with Gasteiger partial charge in [-0.3, -0.25) is 15.0 Å². The Morgan fingerprint density at radius 1 is 1.03 bits per heavy atom. The zero-order chi connectivity index (χ0) is 24.5. The number of carbonyl (C=O) groups is 1. The van der Waals surface area contributed by atoms with Crippen molar-refractivity contribution in [3.63, 3.8) is 0 Å². The SMILES string of the molecule is NC(=O)N(c1cccc(C(F)(F)F)c1)c1ccc(-c2cccc([N+](=O)[O-])c2)cc1-c1nnn[nH]1. The molecule has 0 atom stereocenters. The zero-order valence-corrected chi connectivity index (χ0v) is 17.0. The number of tetrazole rings is 1. The maximum absolute atomic E-state index is 13.3. The van der Waals surface area contributed by atoms with Crippen LogP contribution in [0.5, 0.6) is 0 Å². The van der Waals surface area contributed by atoms with Crippen molar-refractivity contribution in [2.75, 3.05) is 4.90 Å². The van der Waals surface area contributed by atoms with Crippen molar-refractivity contribution in [2.45, 2.75) is 6.18 Å². The van der Waals surface area contributed by atoms with E-state index in [1.54, 1.807) is 18.2 Å². The number of hydrogen-bond acceptors (Lipinski definition) is 6. The topological polar surface area (TPSA) is 144 Å². The third-order valence-electron chi connectivity index (χ3n) is 4.88. The van der Waals surface area contributed by atoms with Crippen LogP contribution in [-0.2, 0) is 6.18 Å². The van der Waals surface area contributed by atoms with Gasteiger partial charge in [-0.05, 0) is 51.9 Å². The molecule has 4 aromatic rings. The number of benzene rings is 3. The molecule has 0 fully saturated rings. The van der Waals surface area contributed by atoms with Gasteiger partial charge in [0.15, 0.2) is 5.82 Å². The summed E-state index contributed by atoms with van der Waals surface area (Å²) >= 11 is 0. The maximum Gasteiger partial charge on any atom is 0.416 e. The predicted molar refractivity (Wildman–Crippen MR) is 115 cm³/mol. The van der Waals surface area contributed by atoms with Crippen LogP contribution in [0.4, 0.5) is 35.0 Å². The molecule has 172 valence electrons. The van der Waals surface area contributed by atoms with Gasteiger partial charge < -0.3 is 5.73 Å². The van der Waals surface area contributed by atoms with Crippen LogP contribution in [0.25, 0.3) is 22.5 Å². The van der Waals surface area contributed by atoms with Crippen LogP contribution in [0.15, 0.2) is 66.7 Å². The molecule has 1 heterocycles. The molecule has 3 N–H and O–H groups in total. The van der Waals surface area contributed by atoms with Crippen LogP contribution in [0, 0.1) is 10.1 Å². The molecule has 2 amide bonds. The van der Waals surface area contributed by atoms with Gasteiger partial charge in [0.25, 0.3) is 5.69 Å². The normalized spacial score (nSPS) is 11.3. The summed E-state index contributed by atoms with van der Waals surface area (Å²) in [6, 6.07) is 13.4. The van der Waals surface area contributed by atoms with Gasteiger partial charge in [-0.25, -0.2) is 9.89 Å². The van der Waals surface area contributed by atoms with Crippen molar-refractivity contribution in [1.82, 2.24) is 20.6 Å². The summed E-state index contributed by atoms with van der Waals surface area (Å²) in [7, 11) is 0. The lowest BCUT2D eigenvalue weighted by Gasteiger charge is -2.24. The van der Waals surface area contributed by atoms with Crippen LogP contribution in [0.1, 0.15) is 5.56 Å². The van der Waals surface area contributed by atoms with E-state index in [2.05, 4.69) is 20.6 Å². The molecule has 0 aliphatic rings. The number of non-ortho nitro benzene ring substituents is 1. The number of urea groups is 1. The number of aromatic nitrogens is 4. The third-order valence-corrected chi connectivity index (χ3v) is 4.88. The number of amides is 2. The molecule has 0 saturated carbocycles. The second kappa shape index (κ2) is 8.61. The van der Waals surface area contributed by atoms with Crippen LogP contribution in [-0.4, -0.2) is 31.6 Å². The average Bonchev–Trinajstić information content (AvgIpc) is 3.34. The highest BCUT2D eigenvalue weighted by atomic mass is 19.4. The maximum atomic E-state index is 13.3. The highest BCUT2D eigenvalue weighted by molar-refractivity contribution is 6.02. The summed E-state index contributed by atoms with van der Waals surface area (Å²) in [4.78, 5) is 23.9. The highest BCUT2D eigenvalue weighted by Crippen LogP contribution is 2.39. The number of nitro groups is 1. The first-order valence-electron chi connectivity index (χ1n) is 9.55. The summed E-state index contributed by atoms with van der Waals surface area (Å²) in [6.07, 6.45) is -4.64. The highest BCUT2D eigenvalue weighted by Gasteiger charge is 2.32. The number of H-pyrrole nitrogens is 1. The number of alkyl halides is 3. The first-order valence-corrected chi connectivity index (χ1v) is 9.55. The largest absolute Gasteiger partial charge is 0.416 e. The van der Waals surface area contributed by atoms with Crippen molar-refractivity contribution >= 4 is 23.1 Å². The number of anilines is 2. The number of nitrogens with zero attached hydrogens (tertiary/aromatic N) is 5. The minimum atomic E-state index is -4.64. The number of nitro benzene ring substituents is 1. The lowest BCUT2D eigenvalue weighted by molar-refractivity contribution is -0.384. The van der Waals surface area contributed by atoms with Crippen molar-refractivity contribution in [1.29, 1.82) is 0 Å². The Hall–Kier alpha value is -4.81. The van der Waals surface area contributed by atoms with E-state index in [-0.39, 0.29) is 28.5 Å². The molecule has 4 rings (SSSR count). The second-order valence-electron chi connectivity index (χ2n) is 7.01. The first kappa shape index (κ1) is 22.4. The Morgan fingerprint density at radius 3 is 2.41 bits per heavy atom. The Balaban J connectivity index is 1.89. The summed E-state index contributed by atoms with van der Waals surface area (Å²) in [5, 5.41) is 24.5. The van der Waals surface area contributed by atoms with Gasteiger partial charge in [-0.2, -0.15) is 13.2 Å². The summed E-state index contributed by atoms with van der Waals surface area (Å²) < 4.78 is 39.8. The summed E-state index contributed by atoms with van der Waals surface area (Å²) in [5.41, 5.74) is 5.65. The molecular formula is C21H14F3N7O3. The molecule has 0 bridgehead atoms. The molecule has 0 aliphatic carbocycles. The fourth-order valence-corrected chi connectivity index (χ4v) is 3.38. The van der Waals surface area contributed by atoms with E-state index in [1.807, 2.05) is 0 Å². The van der Waals surface area contributed by atoms with Gasteiger partial charge in [-0.1, -0.05) is 24.3 Å². The molecule has 10 nitrogen and oxygen atoms in total. The number of nitrogens with two attached hydrogens (primary N) is 1. The third kappa shape index (κ3) is 4.39. The first-order chi connectivity index (χ1) is 16.1. The van der Waals surface area contributed by atoms with Crippen molar-refractivity contribution in [2.24, 2.45) is 5.73 Å². The Morgan fingerprint density at radius 2 is 1.76 bits per heavy atom. The Labute approximate surface area is 189 Å². The van der Waals surface area contributed by atoms with Gasteiger partial charge in [0.1, 0.15) is 0 Å². The molecule has 0 spiro atoms. The number of rotatable bonds is 5. The van der Waals surface area contributed by atoms with Gasteiger partial charge in [-0.15, -0.1) is 5.10 Å². The zero-order valence-electron chi connectivity index (χ0n) is 17.0. The smallest absolute Gasteiger partial charge is 0.351 e. The number of hydrogen-bond donors (Lipinski definition) is 2. The predicted octanol–water partition coefficient (Wildman–Crippen LogP) is 4.68. The van der Waals surface area contributed by atoms with Crippen LogP contribution in [0.2, 0.25) is 0 Å². The molecule has 3 aromatic carbocycles. The number of nitrogens with one attached hydrogen (secondary N) is 1. The van der Waals surface area contributed by atoms with Crippen LogP contribution < -0.4 is 10.6 Å². The molecule has 0 radical (unpaired) electrons. The molecule has 1 aromatic heterocycles. The fourth-order valence-electron chi connectivity index (χ4n) is 3.38. The number of halogens is 3. The van der Waals surface area contributed by atoms with Crippen molar-refractivity contribution < 1.29 is 22.9 Å². The number of aromatic amines is 1. The van der Waals surface area contributed by atoms with E-state index < -0.39 is 22.7 Å². The standard InChI is InChI=1S/C21H14F3N7O3/c22-21(23,24)14-4-2-5-15(11-14)30(20(25)32)18-8-7-13(10-17(18)19-26-28-29-27-19)12-3-1-6-16(9-12)31(33)34/h1-11H,(H2,25,32)(H,26,27,28,29). The number of primary amides is 1. The van der Waals surface area contributed by atoms with E-state index >= 15 is 0 Å². The van der Waals surface area contributed by atoms with Crippen molar-refractivity contribution in [3.05, 3.63) is 82.4 Å².